The number of likely N-dealkylation sites (tertiary alicyclic amines) is 1. The lowest BCUT2D eigenvalue weighted by Gasteiger charge is -2.37. The Bertz CT molecular complexity index is 1330. The number of allylic oxidation sites excluding steroid dienone is 2. The minimum atomic E-state index is -0.572. The third-order valence-electron chi connectivity index (χ3n) is 7.23. The van der Waals surface area contributed by atoms with Crippen molar-refractivity contribution >= 4 is 29.8 Å². The van der Waals surface area contributed by atoms with E-state index >= 15 is 0 Å². The summed E-state index contributed by atoms with van der Waals surface area (Å²) in [5.74, 6) is 1.23. The van der Waals surface area contributed by atoms with Crippen LogP contribution >= 0.6 is 11.6 Å². The van der Waals surface area contributed by atoms with Crippen LogP contribution in [0.4, 0.5) is 4.79 Å². The molecule has 3 heterocycles. The zero-order valence-electron chi connectivity index (χ0n) is 27.8. The van der Waals surface area contributed by atoms with Crippen LogP contribution in [-0.4, -0.2) is 89.0 Å². The van der Waals surface area contributed by atoms with Crippen LogP contribution in [-0.2, 0) is 22.5 Å². The average Bonchev–Trinajstić information content (AvgIpc) is 3.66. The van der Waals surface area contributed by atoms with Crippen LogP contribution in [0.1, 0.15) is 52.3 Å². The Hall–Kier alpha value is -3.81. The second-order valence-electron chi connectivity index (χ2n) is 11.8. The molecule has 1 aromatic heterocycles. The fourth-order valence-corrected chi connectivity index (χ4v) is 5.34. The van der Waals surface area contributed by atoms with Crippen molar-refractivity contribution in [2.75, 3.05) is 39.8 Å². The molecule has 2 aliphatic rings. The average molecular weight is 641 g/mol. The standard InChI is InChI=1S/C19H31N5O3.C13H16ClNO.C2H2/c1-14-10-22(13-21-14)11-15-5-7-23(12-15)17(25)16-9-20-6-8-24(16)18(26)27-19(2,3)4;1-4-12(15-5-2)8-10-6-7-11(14)9-13(10)16-3;1-2/h10,13,15-16,20H,5-9,11-12H2,1-4H3;4-7,9H,8H2,1-3H3;1-2H/b;12-4-,15-5?;/t15-,16-;;/m0../s1. The first-order chi connectivity index (χ1) is 21.4. The van der Waals surface area contributed by atoms with Gasteiger partial charge in [0.1, 0.15) is 17.4 Å². The van der Waals surface area contributed by atoms with Gasteiger partial charge in [-0.25, -0.2) is 9.78 Å². The van der Waals surface area contributed by atoms with E-state index in [-0.39, 0.29) is 5.91 Å². The minimum Gasteiger partial charge on any atom is -0.496 e. The van der Waals surface area contributed by atoms with Gasteiger partial charge in [-0.05, 0) is 66.0 Å². The highest BCUT2D eigenvalue weighted by atomic mass is 35.5. The number of hydrogen-bond donors (Lipinski definition) is 1. The molecule has 0 aliphatic carbocycles. The molecule has 0 spiro atoms. The molecule has 2 saturated heterocycles. The summed E-state index contributed by atoms with van der Waals surface area (Å²) in [5.41, 5.74) is 2.54. The molecule has 1 aromatic carbocycles. The Morgan fingerprint density at radius 2 is 1.96 bits per heavy atom. The number of methoxy groups -OCH3 is 1. The van der Waals surface area contributed by atoms with Gasteiger partial charge in [-0.15, -0.1) is 12.8 Å². The van der Waals surface area contributed by atoms with Crippen molar-refractivity contribution in [1.29, 1.82) is 0 Å². The third kappa shape index (κ3) is 11.9. The van der Waals surface area contributed by atoms with Gasteiger partial charge in [-0.2, -0.15) is 0 Å². The lowest BCUT2D eigenvalue weighted by molar-refractivity contribution is -0.136. The number of carbonyl (C=O) groups is 2. The number of aryl methyl sites for hydroxylation is 1. The van der Waals surface area contributed by atoms with E-state index in [1.165, 1.54) is 0 Å². The third-order valence-corrected chi connectivity index (χ3v) is 7.47. The number of rotatable bonds is 7. The highest BCUT2D eigenvalue weighted by Gasteiger charge is 2.39. The number of aliphatic imine (C=N–C) groups is 1. The van der Waals surface area contributed by atoms with Crippen LogP contribution in [0.2, 0.25) is 5.02 Å². The lowest BCUT2D eigenvalue weighted by Crippen LogP contribution is -2.60. The first-order valence-electron chi connectivity index (χ1n) is 15.2. The Labute approximate surface area is 273 Å². The number of piperazine rings is 1. The molecule has 0 radical (unpaired) electrons. The largest absolute Gasteiger partial charge is 0.496 e. The second kappa shape index (κ2) is 18.2. The van der Waals surface area contributed by atoms with Crippen molar-refractivity contribution in [3.63, 3.8) is 0 Å². The van der Waals surface area contributed by atoms with Crippen molar-refractivity contribution in [1.82, 2.24) is 24.7 Å². The molecule has 10 nitrogen and oxygen atoms in total. The Balaban J connectivity index is 0.000000335. The summed E-state index contributed by atoms with van der Waals surface area (Å²) in [6, 6.07) is 5.15. The molecule has 0 unspecified atom stereocenters. The smallest absolute Gasteiger partial charge is 0.411 e. The number of imidazole rings is 1. The predicted molar refractivity (Wildman–Crippen MR) is 181 cm³/mol. The van der Waals surface area contributed by atoms with Crippen molar-refractivity contribution in [2.24, 2.45) is 10.9 Å². The van der Waals surface area contributed by atoms with Crippen LogP contribution < -0.4 is 10.1 Å². The van der Waals surface area contributed by atoms with Gasteiger partial charge in [0.2, 0.25) is 5.91 Å². The highest BCUT2D eigenvalue weighted by molar-refractivity contribution is 6.30. The topological polar surface area (TPSA) is 101 Å². The number of nitrogens with zero attached hydrogens (tertiary/aromatic N) is 5. The summed E-state index contributed by atoms with van der Waals surface area (Å²) in [7, 11) is 1.65. The van der Waals surface area contributed by atoms with E-state index < -0.39 is 17.7 Å². The first kappa shape index (κ1) is 37.4. The normalized spacial score (nSPS) is 18.5. The van der Waals surface area contributed by atoms with Crippen LogP contribution in [0.25, 0.3) is 0 Å². The van der Waals surface area contributed by atoms with Gasteiger partial charge < -0.3 is 24.3 Å². The van der Waals surface area contributed by atoms with Gasteiger partial charge >= 0.3 is 6.09 Å². The number of carbonyl (C=O) groups excluding carboxylic acids is 2. The second-order valence-corrected chi connectivity index (χ2v) is 12.3. The number of aromatic nitrogens is 2. The van der Waals surface area contributed by atoms with Crippen molar-refractivity contribution < 1.29 is 19.1 Å². The van der Waals surface area contributed by atoms with Gasteiger partial charge in [0, 0.05) is 74.4 Å². The van der Waals surface area contributed by atoms with E-state index in [1.54, 1.807) is 18.2 Å². The van der Waals surface area contributed by atoms with Gasteiger partial charge in [-0.3, -0.25) is 14.7 Å². The molecule has 2 atom stereocenters. The fourth-order valence-electron chi connectivity index (χ4n) is 5.17. The molecule has 2 aliphatic heterocycles. The molecule has 45 heavy (non-hydrogen) atoms. The molecular formula is C34H49ClN6O4. The van der Waals surface area contributed by atoms with Gasteiger partial charge in [-0.1, -0.05) is 23.7 Å². The number of halogens is 1. The van der Waals surface area contributed by atoms with Crippen molar-refractivity contribution in [3.8, 4) is 18.6 Å². The molecule has 2 fully saturated rings. The molecule has 0 saturated carbocycles. The van der Waals surface area contributed by atoms with Crippen LogP contribution in [0.3, 0.4) is 0 Å². The van der Waals surface area contributed by atoms with Crippen LogP contribution in [0, 0.1) is 25.7 Å². The molecule has 11 heteroatoms. The monoisotopic (exact) mass is 640 g/mol. The highest BCUT2D eigenvalue weighted by Crippen LogP contribution is 2.26. The summed E-state index contributed by atoms with van der Waals surface area (Å²) in [6.45, 7) is 15.3. The summed E-state index contributed by atoms with van der Waals surface area (Å²) in [6.07, 6.45) is 17.0. The fraction of sp³-hybridized carbons (Fsp3) is 0.529. The van der Waals surface area contributed by atoms with Gasteiger partial charge in [0.25, 0.3) is 0 Å². The Morgan fingerprint density at radius 3 is 2.56 bits per heavy atom. The number of benzene rings is 1. The molecule has 0 bridgehead atoms. The number of amides is 2. The Kier molecular flexibility index (Phi) is 15.1. The number of terminal acetylenes is 1. The van der Waals surface area contributed by atoms with E-state index in [2.05, 4.69) is 32.7 Å². The lowest BCUT2D eigenvalue weighted by atomic mass is 10.1. The van der Waals surface area contributed by atoms with Crippen molar-refractivity contribution in [2.45, 2.75) is 72.6 Å². The zero-order chi connectivity index (χ0) is 33.6. The van der Waals surface area contributed by atoms with Crippen LogP contribution in [0.15, 0.2) is 47.5 Å². The van der Waals surface area contributed by atoms with E-state index in [0.717, 1.165) is 48.6 Å². The van der Waals surface area contributed by atoms with E-state index in [9.17, 15) is 9.59 Å². The summed E-state index contributed by atoms with van der Waals surface area (Å²) in [5, 5.41) is 3.91. The summed E-state index contributed by atoms with van der Waals surface area (Å²) in [4.78, 5) is 37.7. The maximum absolute atomic E-state index is 13.1. The van der Waals surface area contributed by atoms with Gasteiger partial charge in [0.15, 0.2) is 0 Å². The quantitative estimate of drug-likeness (QED) is 0.322. The first-order valence-corrected chi connectivity index (χ1v) is 15.6. The molecule has 246 valence electrons. The molecule has 2 aromatic rings. The molecule has 4 rings (SSSR count). The maximum Gasteiger partial charge on any atom is 0.411 e. The summed E-state index contributed by atoms with van der Waals surface area (Å²) < 4.78 is 12.9. The zero-order valence-corrected chi connectivity index (χ0v) is 28.5. The van der Waals surface area contributed by atoms with Crippen molar-refractivity contribution in [3.05, 3.63) is 58.8 Å². The number of hydrogen-bond acceptors (Lipinski definition) is 7. The number of nitrogens with one attached hydrogen (secondary N) is 1. The maximum atomic E-state index is 13.1. The SMILES string of the molecule is C#C.CC=N/C(=C\C)Cc1ccc(Cl)cc1OC.Cc1cn(C[C@@H]2CCN(C(=O)[C@@H]3CNCCN3C(=O)OC(C)(C)C)C2)cn1. The molecule has 1 N–H and O–H groups in total. The molecule has 2 amide bonds. The van der Waals surface area contributed by atoms with E-state index in [1.807, 2.05) is 83.2 Å². The molecular weight excluding hydrogens is 592 g/mol. The summed E-state index contributed by atoms with van der Waals surface area (Å²) >= 11 is 5.90. The van der Waals surface area contributed by atoms with Gasteiger partial charge in [0.05, 0.1) is 19.1 Å². The minimum absolute atomic E-state index is 0.0115. The Morgan fingerprint density at radius 1 is 1.22 bits per heavy atom. The van der Waals surface area contributed by atoms with E-state index in [4.69, 9.17) is 21.1 Å². The van der Waals surface area contributed by atoms with Crippen LogP contribution in [0.5, 0.6) is 5.75 Å². The van der Waals surface area contributed by atoms with E-state index in [0.29, 0.717) is 37.1 Å². The number of ether oxygens (including phenoxy) is 2. The predicted octanol–water partition coefficient (Wildman–Crippen LogP) is 5.38.